The number of pyridine rings is 1. The quantitative estimate of drug-likeness (QED) is 0.0805. The minimum Gasteiger partial charge on any atom is -0.264 e. The van der Waals surface area contributed by atoms with Gasteiger partial charge in [-0.1, -0.05) is 200 Å². The lowest BCUT2D eigenvalue weighted by molar-refractivity contribution is 0.532. The van der Waals surface area contributed by atoms with Crippen molar-refractivity contribution in [2.24, 2.45) is 0 Å². The van der Waals surface area contributed by atoms with Crippen LogP contribution in [0.2, 0.25) is 0 Å². The largest absolute Gasteiger partial charge is 0.264 e. The molecule has 0 aliphatic carbocycles. The Labute approximate surface area is 253 Å². The van der Waals surface area contributed by atoms with E-state index in [0.717, 1.165) is 0 Å². The average Bonchev–Trinajstić information content (AvgIpc) is 2.97. The molecule has 0 unspecified atom stereocenters. The second kappa shape index (κ2) is 31.1. The van der Waals surface area contributed by atoms with Gasteiger partial charge in [-0.3, -0.25) is 4.98 Å². The van der Waals surface area contributed by atoms with Gasteiger partial charge in [-0.05, 0) is 36.8 Å². The molecule has 0 radical (unpaired) electrons. The molecule has 0 N–H and O–H groups in total. The van der Waals surface area contributed by atoms with Gasteiger partial charge in [0.15, 0.2) is 0 Å². The molecule has 0 aliphatic rings. The van der Waals surface area contributed by atoms with Crippen LogP contribution in [0.1, 0.15) is 218 Å². The van der Waals surface area contributed by atoms with Crippen molar-refractivity contribution in [2.75, 3.05) is 0 Å². The lowest BCUT2D eigenvalue weighted by atomic mass is 10.0. The van der Waals surface area contributed by atoms with Crippen molar-refractivity contribution in [3.8, 4) is 0 Å². The molecule has 234 valence electrons. The second-order valence-electron chi connectivity index (χ2n) is 13.1. The maximum Gasteiger partial charge on any atom is 0.0300 e. The summed E-state index contributed by atoms with van der Waals surface area (Å²) in [7, 11) is 0. The molecule has 40 heavy (non-hydrogen) atoms. The number of unbranched alkanes of at least 4 members (excludes halogenated alkanes) is 28. The second-order valence-corrected chi connectivity index (χ2v) is 13.1. The Morgan fingerprint density at radius 3 is 0.800 bits per heavy atom. The number of hydrogen-bond donors (Lipinski definition) is 0. The molecule has 0 bridgehead atoms. The van der Waals surface area contributed by atoms with Gasteiger partial charge in [0.2, 0.25) is 0 Å². The van der Waals surface area contributed by atoms with E-state index in [0.29, 0.717) is 0 Å². The average molecular weight is 556 g/mol. The SMILES string of the molecule is CCCCCCCCCCCCCCCCCc1cncc(CCCCCCCCCCCCCCCCC)c1. The van der Waals surface area contributed by atoms with Gasteiger partial charge in [0, 0.05) is 12.4 Å². The number of nitrogens with zero attached hydrogens (tertiary/aromatic N) is 1. The smallest absolute Gasteiger partial charge is 0.0300 e. The highest BCUT2D eigenvalue weighted by Gasteiger charge is 2.00. The topological polar surface area (TPSA) is 12.9 Å². The third-order valence-electron chi connectivity index (χ3n) is 8.99. The van der Waals surface area contributed by atoms with Crippen LogP contribution in [-0.4, -0.2) is 4.98 Å². The minimum atomic E-state index is 1.22. The van der Waals surface area contributed by atoms with E-state index in [1.807, 2.05) is 0 Å². The van der Waals surface area contributed by atoms with E-state index in [2.05, 4.69) is 37.3 Å². The first-order valence-corrected chi connectivity index (χ1v) is 18.8. The number of hydrogen-bond acceptors (Lipinski definition) is 1. The zero-order valence-electron chi connectivity index (χ0n) is 27.8. The summed E-state index contributed by atoms with van der Waals surface area (Å²) in [6, 6.07) is 2.45. The van der Waals surface area contributed by atoms with Gasteiger partial charge in [-0.2, -0.15) is 0 Å². The van der Waals surface area contributed by atoms with Gasteiger partial charge >= 0.3 is 0 Å². The monoisotopic (exact) mass is 556 g/mol. The fourth-order valence-electron chi connectivity index (χ4n) is 6.22. The maximum atomic E-state index is 4.56. The lowest BCUT2D eigenvalue weighted by Gasteiger charge is -2.06. The molecule has 1 rings (SSSR count). The first-order valence-electron chi connectivity index (χ1n) is 18.8. The van der Waals surface area contributed by atoms with Crippen LogP contribution >= 0.6 is 0 Å². The van der Waals surface area contributed by atoms with Gasteiger partial charge < -0.3 is 0 Å². The molecular formula is C39H73N. The summed E-state index contributed by atoms with van der Waals surface area (Å²) in [6.45, 7) is 4.61. The molecule has 0 saturated heterocycles. The van der Waals surface area contributed by atoms with Crippen LogP contribution in [0.3, 0.4) is 0 Å². The van der Waals surface area contributed by atoms with E-state index in [1.54, 1.807) is 0 Å². The van der Waals surface area contributed by atoms with Gasteiger partial charge in [-0.25, -0.2) is 0 Å². The molecule has 0 amide bonds. The maximum absolute atomic E-state index is 4.56. The Hall–Kier alpha value is -0.850. The normalized spacial score (nSPS) is 11.4. The number of aryl methyl sites for hydroxylation is 2. The summed E-state index contributed by atoms with van der Waals surface area (Å²) in [5.74, 6) is 0. The van der Waals surface area contributed by atoms with E-state index in [9.17, 15) is 0 Å². The summed E-state index contributed by atoms with van der Waals surface area (Å²) in [4.78, 5) is 4.56. The molecule has 0 spiro atoms. The zero-order chi connectivity index (χ0) is 28.6. The molecular weight excluding hydrogens is 482 g/mol. The van der Waals surface area contributed by atoms with E-state index in [4.69, 9.17) is 0 Å². The summed E-state index contributed by atoms with van der Waals surface area (Å²) >= 11 is 0. The van der Waals surface area contributed by atoms with E-state index >= 15 is 0 Å². The van der Waals surface area contributed by atoms with E-state index in [-0.39, 0.29) is 0 Å². The van der Waals surface area contributed by atoms with E-state index in [1.165, 1.54) is 217 Å². The predicted octanol–water partition coefficient (Wildman–Crippen LogP) is 13.9. The van der Waals surface area contributed by atoms with Crippen LogP contribution < -0.4 is 0 Å². The van der Waals surface area contributed by atoms with Crippen molar-refractivity contribution < 1.29 is 0 Å². The summed E-state index contributed by atoms with van der Waals surface area (Å²) in [5.41, 5.74) is 2.93. The fraction of sp³-hybridized carbons (Fsp3) is 0.872. The highest BCUT2D eigenvalue weighted by Crippen LogP contribution is 2.17. The molecule has 0 aliphatic heterocycles. The van der Waals surface area contributed by atoms with Gasteiger partial charge in [0.25, 0.3) is 0 Å². The lowest BCUT2D eigenvalue weighted by Crippen LogP contribution is -1.93. The Morgan fingerprint density at radius 1 is 0.325 bits per heavy atom. The zero-order valence-corrected chi connectivity index (χ0v) is 27.8. The van der Waals surface area contributed by atoms with Crippen LogP contribution in [0.4, 0.5) is 0 Å². The van der Waals surface area contributed by atoms with Crippen LogP contribution in [-0.2, 0) is 12.8 Å². The summed E-state index contributed by atoms with van der Waals surface area (Å²) in [5, 5.41) is 0. The van der Waals surface area contributed by atoms with Gasteiger partial charge in [-0.15, -0.1) is 0 Å². The van der Waals surface area contributed by atoms with Crippen molar-refractivity contribution in [1.29, 1.82) is 0 Å². The Morgan fingerprint density at radius 2 is 0.550 bits per heavy atom. The van der Waals surface area contributed by atoms with Crippen LogP contribution in [0.5, 0.6) is 0 Å². The van der Waals surface area contributed by atoms with Crippen molar-refractivity contribution >= 4 is 0 Å². The summed E-state index contributed by atoms with van der Waals surface area (Å²) < 4.78 is 0. The summed E-state index contributed by atoms with van der Waals surface area (Å²) in [6.07, 6.45) is 49.8. The van der Waals surface area contributed by atoms with Crippen LogP contribution in [0.15, 0.2) is 18.5 Å². The van der Waals surface area contributed by atoms with Crippen molar-refractivity contribution in [1.82, 2.24) is 4.98 Å². The predicted molar refractivity (Wildman–Crippen MR) is 182 cm³/mol. The molecule has 0 saturated carbocycles. The molecule has 1 aromatic heterocycles. The molecule has 0 aromatic carbocycles. The molecule has 0 fully saturated rings. The highest BCUT2D eigenvalue weighted by molar-refractivity contribution is 5.18. The third-order valence-corrected chi connectivity index (χ3v) is 8.99. The van der Waals surface area contributed by atoms with Crippen LogP contribution in [0, 0.1) is 0 Å². The Balaban J connectivity index is 1.86. The molecule has 1 heteroatoms. The van der Waals surface area contributed by atoms with Crippen LogP contribution in [0.25, 0.3) is 0 Å². The Kier molecular flexibility index (Phi) is 28.9. The first-order chi connectivity index (χ1) is 19.9. The molecule has 1 aromatic rings. The fourth-order valence-corrected chi connectivity index (χ4v) is 6.22. The molecule has 1 nitrogen and oxygen atoms in total. The highest BCUT2D eigenvalue weighted by atomic mass is 14.6. The van der Waals surface area contributed by atoms with Crippen molar-refractivity contribution in [3.05, 3.63) is 29.6 Å². The van der Waals surface area contributed by atoms with Crippen molar-refractivity contribution in [3.63, 3.8) is 0 Å². The minimum absolute atomic E-state index is 1.22. The standard InChI is InChI=1S/C39H73N/c1-3-5-7-9-11-13-15-17-19-21-23-25-27-29-31-33-38-35-39(37-40-36-38)34-32-30-28-26-24-22-20-18-16-14-12-10-8-6-4-2/h35-37H,3-34H2,1-2H3. The van der Waals surface area contributed by atoms with Gasteiger partial charge in [0.1, 0.15) is 0 Å². The number of aromatic nitrogens is 1. The molecule has 0 atom stereocenters. The number of rotatable bonds is 32. The van der Waals surface area contributed by atoms with Gasteiger partial charge in [0.05, 0.1) is 0 Å². The Bertz CT molecular complexity index is 559. The third kappa shape index (κ3) is 26.1. The van der Waals surface area contributed by atoms with E-state index < -0.39 is 0 Å². The molecule has 1 heterocycles. The van der Waals surface area contributed by atoms with Crippen molar-refractivity contribution in [2.45, 2.75) is 219 Å². The first kappa shape index (κ1) is 37.2.